The van der Waals surface area contributed by atoms with Crippen molar-refractivity contribution in [2.45, 2.75) is 69.2 Å². The smallest absolute Gasteiger partial charge is 0.343 e. The van der Waals surface area contributed by atoms with Crippen molar-refractivity contribution in [1.82, 2.24) is 15.0 Å². The summed E-state index contributed by atoms with van der Waals surface area (Å²) in [5.74, 6) is 1.12. The van der Waals surface area contributed by atoms with Crippen LogP contribution < -0.4 is 15.4 Å². The van der Waals surface area contributed by atoms with Gasteiger partial charge in [-0.15, -0.1) is 0 Å². The van der Waals surface area contributed by atoms with Crippen LogP contribution in [0.5, 0.6) is 5.75 Å². The highest BCUT2D eigenvalue weighted by Crippen LogP contribution is 2.37. The molecule has 0 spiro atoms. The van der Waals surface area contributed by atoms with Gasteiger partial charge in [0, 0.05) is 25.0 Å². The summed E-state index contributed by atoms with van der Waals surface area (Å²) < 4.78 is 10.9. The third-order valence-corrected chi connectivity index (χ3v) is 4.50. The van der Waals surface area contributed by atoms with Gasteiger partial charge in [0.25, 0.3) is 0 Å². The number of carbonyl (C=O) groups is 1. The molecule has 0 aliphatic rings. The first-order valence-electron chi connectivity index (χ1n) is 14.4. The fourth-order valence-corrected chi connectivity index (χ4v) is 3.05. The van der Waals surface area contributed by atoms with Gasteiger partial charge in [0.15, 0.2) is 11.6 Å². The zero-order valence-corrected chi connectivity index (χ0v) is 27.0. The van der Waals surface area contributed by atoms with Crippen molar-refractivity contribution in [3.63, 3.8) is 0 Å². The zero-order valence-electron chi connectivity index (χ0n) is 27.0. The summed E-state index contributed by atoms with van der Waals surface area (Å²) in [6.45, 7) is 19.8. The Kier molecular flexibility index (Phi) is 23.5. The number of benzene rings is 1. The summed E-state index contributed by atoms with van der Waals surface area (Å²) in [7, 11) is 3.23. The van der Waals surface area contributed by atoms with Gasteiger partial charge in [-0.3, -0.25) is 9.98 Å². The number of hydrogen-bond acceptors (Lipinski definition) is 8. The zero-order chi connectivity index (χ0) is 31.6. The molecule has 0 bridgehead atoms. The Balaban J connectivity index is 0. The van der Waals surface area contributed by atoms with E-state index in [0.29, 0.717) is 17.3 Å². The maximum atomic E-state index is 12.6. The van der Waals surface area contributed by atoms with Crippen LogP contribution in [0, 0.1) is 0 Å². The van der Waals surface area contributed by atoms with Crippen LogP contribution >= 0.6 is 0 Å². The number of pyridine rings is 1. The average molecular weight is 567 g/mol. The van der Waals surface area contributed by atoms with Crippen LogP contribution in [-0.4, -0.2) is 47.5 Å². The van der Waals surface area contributed by atoms with Gasteiger partial charge >= 0.3 is 5.97 Å². The van der Waals surface area contributed by atoms with Crippen LogP contribution in [0.3, 0.4) is 0 Å². The van der Waals surface area contributed by atoms with Gasteiger partial charge in [-0.2, -0.15) is 4.98 Å². The molecular formula is C32H50N6O3. The van der Waals surface area contributed by atoms with Gasteiger partial charge in [-0.1, -0.05) is 73.6 Å². The Morgan fingerprint density at radius 3 is 2.20 bits per heavy atom. The predicted octanol–water partition coefficient (Wildman–Crippen LogP) is 8.59. The van der Waals surface area contributed by atoms with E-state index < -0.39 is 5.97 Å². The average Bonchev–Trinajstić information content (AvgIpc) is 3.05. The summed E-state index contributed by atoms with van der Waals surface area (Å²) in [5, 5.41) is 6.23. The summed E-state index contributed by atoms with van der Waals surface area (Å²) in [4.78, 5) is 29.9. The normalized spacial score (nSPS) is 9.71. The Bertz CT molecular complexity index is 1170. The molecule has 0 aliphatic carbocycles. The number of amidine groups is 1. The van der Waals surface area contributed by atoms with E-state index in [-0.39, 0.29) is 23.9 Å². The van der Waals surface area contributed by atoms with Crippen LogP contribution in [0.25, 0.3) is 11.3 Å². The highest BCUT2D eigenvalue weighted by atomic mass is 16.5. The monoisotopic (exact) mass is 566 g/mol. The second-order valence-corrected chi connectivity index (χ2v) is 6.64. The Morgan fingerprint density at radius 1 is 0.976 bits per heavy atom. The van der Waals surface area contributed by atoms with Crippen LogP contribution in [-0.2, 0) is 4.74 Å². The summed E-state index contributed by atoms with van der Waals surface area (Å²) in [5.41, 5.74) is 2.34. The van der Waals surface area contributed by atoms with Crippen molar-refractivity contribution >= 4 is 29.3 Å². The topological polar surface area (TPSA) is 111 Å². The third-order valence-electron chi connectivity index (χ3n) is 4.50. The molecule has 0 unspecified atom stereocenters. The first kappa shape index (κ1) is 38.9. The second-order valence-electron chi connectivity index (χ2n) is 6.64. The molecule has 0 radical (unpaired) electrons. The van der Waals surface area contributed by atoms with Crippen molar-refractivity contribution in [3.8, 4) is 17.0 Å². The highest BCUT2D eigenvalue weighted by molar-refractivity contribution is 6.03. The number of methoxy groups -OCH3 is 1. The van der Waals surface area contributed by atoms with E-state index in [9.17, 15) is 4.79 Å². The van der Waals surface area contributed by atoms with Crippen molar-refractivity contribution in [1.29, 1.82) is 0 Å². The number of anilines is 3. The van der Waals surface area contributed by atoms with Crippen LogP contribution in [0.4, 0.5) is 17.5 Å². The van der Waals surface area contributed by atoms with Gasteiger partial charge in [0.05, 0.1) is 25.1 Å². The summed E-state index contributed by atoms with van der Waals surface area (Å²) >= 11 is 0. The molecule has 0 fully saturated rings. The molecule has 3 rings (SSSR count). The molecule has 2 heterocycles. The maximum absolute atomic E-state index is 12.6. The molecule has 0 amide bonds. The Hall–Kier alpha value is -4.27. The molecule has 226 valence electrons. The molecule has 0 saturated carbocycles. The molecule has 1 aromatic carbocycles. The van der Waals surface area contributed by atoms with E-state index in [1.165, 1.54) is 6.20 Å². The van der Waals surface area contributed by atoms with Gasteiger partial charge in [-0.05, 0) is 44.2 Å². The van der Waals surface area contributed by atoms with Crippen molar-refractivity contribution in [3.05, 3.63) is 66.5 Å². The SMILES string of the molecule is C/C=C\C(=NC)Nc1ncc(C(=O)OCC)c(Nc2cccc(-c3ccccn3)c2OC)n1.CC.CC.CC.CC. The minimum Gasteiger partial charge on any atom is -0.494 e. The highest BCUT2D eigenvalue weighted by Gasteiger charge is 2.19. The molecule has 41 heavy (non-hydrogen) atoms. The number of allylic oxidation sites excluding steroid dienone is 1. The number of nitrogens with one attached hydrogen (secondary N) is 2. The lowest BCUT2D eigenvalue weighted by Gasteiger charge is -2.16. The van der Waals surface area contributed by atoms with Crippen LogP contribution in [0.1, 0.15) is 79.6 Å². The second kappa shape index (κ2) is 24.7. The van der Waals surface area contributed by atoms with E-state index in [0.717, 1.165) is 11.3 Å². The lowest BCUT2D eigenvalue weighted by Crippen LogP contribution is -2.15. The lowest BCUT2D eigenvalue weighted by atomic mass is 10.1. The Morgan fingerprint density at radius 2 is 1.66 bits per heavy atom. The lowest BCUT2D eigenvalue weighted by molar-refractivity contribution is 0.0526. The van der Waals surface area contributed by atoms with E-state index in [1.807, 2.05) is 105 Å². The fourth-order valence-electron chi connectivity index (χ4n) is 3.05. The molecule has 0 aliphatic heterocycles. The first-order chi connectivity index (χ1) is 20.1. The number of aromatic nitrogens is 3. The third kappa shape index (κ3) is 12.6. The van der Waals surface area contributed by atoms with Crippen LogP contribution in [0.15, 0.2) is 65.9 Å². The number of esters is 1. The van der Waals surface area contributed by atoms with E-state index in [1.54, 1.807) is 33.4 Å². The molecule has 2 aromatic heterocycles. The molecule has 9 nitrogen and oxygen atoms in total. The maximum Gasteiger partial charge on any atom is 0.343 e. The number of para-hydroxylation sites is 1. The number of nitrogens with zero attached hydrogens (tertiary/aromatic N) is 4. The van der Waals surface area contributed by atoms with Crippen molar-refractivity contribution < 1.29 is 14.3 Å². The summed E-state index contributed by atoms with van der Waals surface area (Å²) in [6.07, 6.45) is 6.76. The molecule has 0 atom stereocenters. The minimum atomic E-state index is -0.538. The molecule has 2 N–H and O–H groups in total. The van der Waals surface area contributed by atoms with Gasteiger partial charge < -0.3 is 20.1 Å². The standard InChI is InChI=1S/C24H26N6O3.4C2H6/c1-5-10-20(25-3)29-24-27-15-17(23(31)33-6-2)22(30-24)28-19-13-9-11-16(21(19)32-4)18-12-7-8-14-26-18;4*1-2/h5,7-15H,6H2,1-4H3,(H2,25,27,28,29,30);4*1-2H3/b10-5-;;;;. The largest absolute Gasteiger partial charge is 0.494 e. The number of aliphatic imine (C=N–C) groups is 1. The quantitative estimate of drug-likeness (QED) is 0.158. The van der Waals surface area contributed by atoms with E-state index in [4.69, 9.17) is 9.47 Å². The number of ether oxygens (including phenoxy) is 2. The molecule has 9 heteroatoms. The van der Waals surface area contributed by atoms with Crippen molar-refractivity contribution in [2.24, 2.45) is 4.99 Å². The fraction of sp³-hybridized carbons (Fsp3) is 0.406. The number of rotatable bonds is 8. The predicted molar refractivity (Wildman–Crippen MR) is 175 cm³/mol. The molecule has 0 saturated heterocycles. The minimum absolute atomic E-state index is 0.189. The molecule has 3 aromatic rings. The van der Waals surface area contributed by atoms with Gasteiger partial charge in [0.1, 0.15) is 11.4 Å². The molecular weight excluding hydrogens is 516 g/mol. The number of hydrogen-bond donors (Lipinski definition) is 2. The number of carbonyl (C=O) groups excluding carboxylic acids is 1. The van der Waals surface area contributed by atoms with Crippen molar-refractivity contribution in [2.75, 3.05) is 31.4 Å². The van der Waals surface area contributed by atoms with Gasteiger partial charge in [-0.25, -0.2) is 9.78 Å². The summed E-state index contributed by atoms with van der Waals surface area (Å²) in [6, 6.07) is 11.3. The van der Waals surface area contributed by atoms with E-state index in [2.05, 4.69) is 30.6 Å². The van der Waals surface area contributed by atoms with Crippen LogP contribution in [0.2, 0.25) is 0 Å². The van der Waals surface area contributed by atoms with Gasteiger partial charge in [0.2, 0.25) is 5.95 Å². The first-order valence-corrected chi connectivity index (χ1v) is 14.4. The Labute approximate surface area is 247 Å². The van der Waals surface area contributed by atoms with E-state index >= 15 is 0 Å².